The van der Waals surface area contributed by atoms with Crippen LogP contribution in [-0.2, 0) is 9.59 Å². The number of halogens is 2. The van der Waals surface area contributed by atoms with E-state index in [9.17, 15) is 18.4 Å². The Morgan fingerprint density at radius 3 is 2.55 bits per heavy atom. The van der Waals surface area contributed by atoms with Crippen molar-refractivity contribution >= 4 is 29.3 Å². The molecule has 0 unspecified atom stereocenters. The molecule has 1 aliphatic rings. The van der Waals surface area contributed by atoms with Crippen LogP contribution in [0.1, 0.15) is 6.42 Å². The first-order valence-corrected chi connectivity index (χ1v) is 7.20. The van der Waals surface area contributed by atoms with Gasteiger partial charge in [-0.05, 0) is 18.2 Å². The van der Waals surface area contributed by atoms with Crippen molar-refractivity contribution in [2.24, 2.45) is 0 Å². The summed E-state index contributed by atoms with van der Waals surface area (Å²) in [5.74, 6) is -3.11. The van der Waals surface area contributed by atoms with Crippen molar-refractivity contribution in [1.29, 1.82) is 0 Å². The number of imide groups is 1. The average Bonchev–Trinajstić information content (AvgIpc) is 2.78. The summed E-state index contributed by atoms with van der Waals surface area (Å²) in [6.45, 7) is 0. The van der Waals surface area contributed by atoms with Crippen molar-refractivity contribution in [1.82, 2.24) is 9.97 Å². The van der Waals surface area contributed by atoms with Crippen molar-refractivity contribution in [2.75, 3.05) is 4.90 Å². The molecule has 0 bridgehead atoms. The molecular weight excluding hydrogens is 312 g/mol. The molecule has 1 aliphatic heterocycles. The highest BCUT2D eigenvalue weighted by atomic mass is 32.2. The number of hydrogen-bond donors (Lipinski definition) is 0. The zero-order valence-corrected chi connectivity index (χ0v) is 11.9. The average molecular weight is 321 g/mol. The first kappa shape index (κ1) is 14.6. The quantitative estimate of drug-likeness (QED) is 0.640. The maximum atomic E-state index is 13.3. The number of aromatic nitrogens is 2. The van der Waals surface area contributed by atoms with Gasteiger partial charge in [0, 0.05) is 24.9 Å². The minimum Gasteiger partial charge on any atom is -0.274 e. The Bertz CT molecular complexity index is 742. The van der Waals surface area contributed by atoms with E-state index in [1.165, 1.54) is 18.5 Å². The molecule has 1 saturated heterocycles. The third-order valence-corrected chi connectivity index (χ3v) is 4.13. The SMILES string of the molecule is O=C1C[C@@H](Sc2ncccn2)C(=O)N1c1ccc(F)c(F)c1. The molecule has 1 aromatic heterocycles. The summed E-state index contributed by atoms with van der Waals surface area (Å²) in [6.07, 6.45) is 3.02. The van der Waals surface area contributed by atoms with Crippen molar-refractivity contribution < 1.29 is 18.4 Å². The van der Waals surface area contributed by atoms with Gasteiger partial charge in [-0.3, -0.25) is 9.59 Å². The molecule has 1 atom stereocenters. The highest BCUT2D eigenvalue weighted by Gasteiger charge is 2.40. The molecule has 0 radical (unpaired) electrons. The van der Waals surface area contributed by atoms with Gasteiger partial charge in [-0.25, -0.2) is 23.6 Å². The summed E-state index contributed by atoms with van der Waals surface area (Å²) in [7, 11) is 0. The molecule has 2 aromatic rings. The van der Waals surface area contributed by atoms with Gasteiger partial charge in [0.25, 0.3) is 0 Å². The van der Waals surface area contributed by atoms with Crippen LogP contribution in [0, 0.1) is 11.6 Å². The fourth-order valence-electron chi connectivity index (χ4n) is 2.07. The number of benzene rings is 1. The van der Waals surface area contributed by atoms with E-state index >= 15 is 0 Å². The van der Waals surface area contributed by atoms with Gasteiger partial charge >= 0.3 is 0 Å². The highest BCUT2D eigenvalue weighted by Crippen LogP contribution is 2.32. The Morgan fingerprint density at radius 2 is 1.86 bits per heavy atom. The third-order valence-electron chi connectivity index (χ3n) is 3.06. The summed E-state index contributed by atoms with van der Waals surface area (Å²) in [5, 5.41) is -0.302. The fraction of sp³-hybridized carbons (Fsp3) is 0.143. The van der Waals surface area contributed by atoms with E-state index in [1.807, 2.05) is 0 Å². The van der Waals surface area contributed by atoms with Gasteiger partial charge in [0.15, 0.2) is 16.8 Å². The number of amides is 2. The Balaban J connectivity index is 1.83. The van der Waals surface area contributed by atoms with Crippen LogP contribution in [0.5, 0.6) is 0 Å². The van der Waals surface area contributed by atoms with Crippen LogP contribution in [0.3, 0.4) is 0 Å². The van der Waals surface area contributed by atoms with Gasteiger partial charge in [-0.1, -0.05) is 11.8 Å². The van der Waals surface area contributed by atoms with Crippen molar-refractivity contribution in [3.63, 3.8) is 0 Å². The van der Waals surface area contributed by atoms with Gasteiger partial charge in [0.1, 0.15) is 5.25 Å². The van der Waals surface area contributed by atoms with Gasteiger partial charge in [0.2, 0.25) is 11.8 Å². The van der Waals surface area contributed by atoms with E-state index in [0.717, 1.165) is 28.8 Å². The van der Waals surface area contributed by atoms with Crippen LogP contribution in [0.15, 0.2) is 41.8 Å². The predicted molar refractivity (Wildman–Crippen MR) is 75.1 cm³/mol. The summed E-state index contributed by atoms with van der Waals surface area (Å²) in [5.41, 5.74) is 0.0194. The van der Waals surface area contributed by atoms with E-state index in [0.29, 0.717) is 5.16 Å². The molecule has 3 rings (SSSR count). The number of hydrogen-bond acceptors (Lipinski definition) is 5. The molecule has 8 heteroatoms. The van der Waals surface area contributed by atoms with Crippen LogP contribution in [-0.4, -0.2) is 27.0 Å². The number of carbonyl (C=O) groups excluding carboxylic acids is 2. The Hall–Kier alpha value is -2.35. The lowest BCUT2D eigenvalue weighted by atomic mass is 10.3. The van der Waals surface area contributed by atoms with E-state index in [-0.39, 0.29) is 12.1 Å². The predicted octanol–water partition coefficient (Wildman–Crippen LogP) is 2.18. The van der Waals surface area contributed by atoms with Gasteiger partial charge in [-0.15, -0.1) is 0 Å². The minimum absolute atomic E-state index is 0.0194. The number of thioether (sulfide) groups is 1. The Kier molecular flexibility index (Phi) is 3.84. The Labute approximate surface area is 128 Å². The van der Waals surface area contributed by atoms with Crippen molar-refractivity contribution in [2.45, 2.75) is 16.8 Å². The summed E-state index contributed by atoms with van der Waals surface area (Å²) in [6, 6.07) is 4.54. The van der Waals surface area contributed by atoms with E-state index in [1.54, 1.807) is 6.07 Å². The normalized spacial score (nSPS) is 18.1. The van der Waals surface area contributed by atoms with E-state index < -0.39 is 28.7 Å². The second-order valence-electron chi connectivity index (χ2n) is 4.51. The molecule has 2 heterocycles. The monoisotopic (exact) mass is 321 g/mol. The Morgan fingerprint density at radius 1 is 1.14 bits per heavy atom. The molecule has 1 fully saturated rings. The molecule has 5 nitrogen and oxygen atoms in total. The van der Waals surface area contributed by atoms with Crippen molar-refractivity contribution in [3.05, 3.63) is 48.3 Å². The van der Waals surface area contributed by atoms with Crippen LogP contribution in [0.4, 0.5) is 14.5 Å². The molecule has 0 saturated carbocycles. The second-order valence-corrected chi connectivity index (χ2v) is 5.68. The lowest BCUT2D eigenvalue weighted by Gasteiger charge is -2.14. The molecule has 0 aliphatic carbocycles. The number of anilines is 1. The largest absolute Gasteiger partial charge is 0.274 e. The minimum atomic E-state index is -1.11. The van der Waals surface area contributed by atoms with E-state index in [4.69, 9.17) is 0 Å². The molecule has 22 heavy (non-hydrogen) atoms. The summed E-state index contributed by atoms with van der Waals surface area (Å²) < 4.78 is 26.2. The van der Waals surface area contributed by atoms with Crippen LogP contribution in [0.25, 0.3) is 0 Å². The lowest BCUT2D eigenvalue weighted by Crippen LogP contribution is -2.31. The summed E-state index contributed by atoms with van der Waals surface area (Å²) >= 11 is 1.07. The first-order chi connectivity index (χ1) is 10.6. The lowest BCUT2D eigenvalue weighted by molar-refractivity contribution is -0.121. The van der Waals surface area contributed by atoms with Crippen LogP contribution in [0.2, 0.25) is 0 Å². The van der Waals surface area contributed by atoms with Gasteiger partial charge in [0.05, 0.1) is 5.69 Å². The van der Waals surface area contributed by atoms with Gasteiger partial charge < -0.3 is 0 Å². The number of nitrogens with zero attached hydrogens (tertiary/aromatic N) is 3. The number of carbonyl (C=O) groups is 2. The molecule has 0 spiro atoms. The van der Waals surface area contributed by atoms with Crippen molar-refractivity contribution in [3.8, 4) is 0 Å². The standard InChI is InChI=1S/C14H9F2N3O2S/c15-9-3-2-8(6-10(9)16)19-12(20)7-11(13(19)21)22-14-17-4-1-5-18-14/h1-6,11H,7H2/t11-/m1/s1. The second kappa shape index (κ2) is 5.80. The molecule has 2 amide bonds. The zero-order valence-electron chi connectivity index (χ0n) is 11.1. The third kappa shape index (κ3) is 2.69. The topological polar surface area (TPSA) is 63.2 Å². The molecule has 112 valence electrons. The molecule has 0 N–H and O–H groups in total. The van der Waals surface area contributed by atoms with Crippen LogP contribution < -0.4 is 4.90 Å². The van der Waals surface area contributed by atoms with Gasteiger partial charge in [-0.2, -0.15) is 0 Å². The highest BCUT2D eigenvalue weighted by molar-refractivity contribution is 8.00. The zero-order chi connectivity index (χ0) is 15.7. The molecular formula is C14H9F2N3O2S. The summed E-state index contributed by atoms with van der Waals surface area (Å²) in [4.78, 5) is 33.2. The maximum absolute atomic E-state index is 13.3. The number of rotatable bonds is 3. The fourth-order valence-corrected chi connectivity index (χ4v) is 3.00. The smallest absolute Gasteiger partial charge is 0.247 e. The van der Waals surface area contributed by atoms with E-state index in [2.05, 4.69) is 9.97 Å². The molecule has 1 aromatic carbocycles. The first-order valence-electron chi connectivity index (χ1n) is 6.32. The maximum Gasteiger partial charge on any atom is 0.247 e. The van der Waals surface area contributed by atoms with Crippen LogP contribution >= 0.6 is 11.8 Å².